The second-order valence-electron chi connectivity index (χ2n) is 2.14. The number of pyridine rings is 1. The summed E-state index contributed by atoms with van der Waals surface area (Å²) in [6.07, 6.45) is 2.79. The molecule has 0 aliphatic carbocycles. The van der Waals surface area contributed by atoms with Gasteiger partial charge < -0.3 is 17.3 Å². The molecular weight excluding hydrogens is 204 g/mol. The van der Waals surface area contributed by atoms with Gasteiger partial charge in [-0.15, -0.1) is 0 Å². The van der Waals surface area contributed by atoms with Crippen molar-refractivity contribution < 1.29 is 26.5 Å². The zero-order chi connectivity index (χ0) is 11.2. The SMILES string of the molecule is C=Cc1cccc[n+]1F.F[B-](F)(F)F. The van der Waals surface area contributed by atoms with Crippen LogP contribution in [-0.2, 0) is 0 Å². The quantitative estimate of drug-likeness (QED) is 0.496. The van der Waals surface area contributed by atoms with Gasteiger partial charge >= 0.3 is 7.25 Å². The molecule has 14 heavy (non-hydrogen) atoms. The predicted molar refractivity (Wildman–Crippen MR) is 43.4 cm³/mol. The van der Waals surface area contributed by atoms with Gasteiger partial charge in [-0.05, 0) is 6.07 Å². The molecule has 0 spiro atoms. The van der Waals surface area contributed by atoms with Gasteiger partial charge in [-0.25, -0.2) is 0 Å². The Morgan fingerprint density at radius 3 is 2.00 bits per heavy atom. The highest BCUT2D eigenvalue weighted by Gasteiger charge is 2.20. The van der Waals surface area contributed by atoms with E-state index in [1.807, 2.05) is 0 Å². The maximum absolute atomic E-state index is 12.4. The molecule has 0 aromatic carbocycles. The van der Waals surface area contributed by atoms with Crippen LogP contribution in [0.25, 0.3) is 6.08 Å². The number of aromatic nitrogens is 1. The highest BCUT2D eigenvalue weighted by atomic mass is 19.5. The Morgan fingerprint density at radius 1 is 1.21 bits per heavy atom. The van der Waals surface area contributed by atoms with Crippen molar-refractivity contribution in [1.29, 1.82) is 0 Å². The smallest absolute Gasteiger partial charge is 0.418 e. The van der Waals surface area contributed by atoms with E-state index >= 15 is 0 Å². The number of nitrogens with zero attached hydrogens (tertiary/aromatic N) is 1. The Labute approximate surface area is 77.5 Å². The van der Waals surface area contributed by atoms with Crippen molar-refractivity contribution in [3.8, 4) is 0 Å². The highest BCUT2D eigenvalue weighted by molar-refractivity contribution is 6.50. The van der Waals surface area contributed by atoms with E-state index in [-0.39, 0.29) is 0 Å². The van der Waals surface area contributed by atoms with Gasteiger partial charge in [0.25, 0.3) is 5.69 Å². The lowest BCUT2D eigenvalue weighted by atomic mass is 10.3. The van der Waals surface area contributed by atoms with Crippen LogP contribution >= 0.6 is 0 Å². The standard InChI is InChI=1S/C7H7FN.BF4/c1-2-7-5-3-4-6-9(7)8;2-1(3,4)5/h2-6H,1H2;/q+1;-1. The fraction of sp³-hybridized carbons (Fsp3) is 0. The van der Waals surface area contributed by atoms with Crippen LogP contribution in [-0.4, -0.2) is 7.25 Å². The minimum Gasteiger partial charge on any atom is -0.418 e. The van der Waals surface area contributed by atoms with Gasteiger partial charge in [0.1, 0.15) is 0 Å². The molecule has 1 heterocycles. The first-order chi connectivity index (χ1) is 6.34. The average molecular weight is 211 g/mol. The van der Waals surface area contributed by atoms with Crippen LogP contribution in [0.1, 0.15) is 5.69 Å². The van der Waals surface area contributed by atoms with E-state index in [0.29, 0.717) is 10.5 Å². The third-order valence-corrected chi connectivity index (χ3v) is 1.05. The van der Waals surface area contributed by atoms with Gasteiger partial charge in [-0.3, -0.25) is 0 Å². The molecule has 0 saturated carbocycles. The lowest BCUT2D eigenvalue weighted by Gasteiger charge is -1.94. The summed E-state index contributed by atoms with van der Waals surface area (Å²) in [4.78, 5) is 0.521. The summed E-state index contributed by atoms with van der Waals surface area (Å²) in [5.41, 5.74) is 0.470. The van der Waals surface area contributed by atoms with Crippen LogP contribution < -0.4 is 4.79 Å². The Hall–Kier alpha value is -1.40. The Kier molecular flexibility index (Phi) is 4.83. The molecule has 0 unspecified atom stereocenters. The van der Waals surface area contributed by atoms with Crippen molar-refractivity contribution >= 4 is 13.3 Å². The molecule has 7 heteroatoms. The molecule has 78 valence electrons. The van der Waals surface area contributed by atoms with Crippen molar-refractivity contribution in [2.45, 2.75) is 0 Å². The number of hydrogen-bond acceptors (Lipinski definition) is 0. The van der Waals surface area contributed by atoms with Gasteiger partial charge in [0, 0.05) is 23.0 Å². The molecule has 0 saturated heterocycles. The average Bonchev–Trinajstić information content (AvgIpc) is 2.02. The molecule has 1 aromatic heterocycles. The molecule has 0 bridgehead atoms. The summed E-state index contributed by atoms with van der Waals surface area (Å²) in [6, 6.07) is 5.02. The van der Waals surface area contributed by atoms with Crippen molar-refractivity contribution in [2.24, 2.45) is 0 Å². The summed E-state index contributed by atoms with van der Waals surface area (Å²) in [5, 5.41) is 0. The van der Waals surface area contributed by atoms with Crippen LogP contribution in [0.3, 0.4) is 0 Å². The molecule has 1 aromatic rings. The molecule has 0 aliphatic heterocycles. The van der Waals surface area contributed by atoms with Gasteiger partial charge in [-0.2, -0.15) is 0 Å². The van der Waals surface area contributed by atoms with E-state index in [1.54, 1.807) is 18.2 Å². The lowest BCUT2D eigenvalue weighted by Crippen LogP contribution is -2.24. The van der Waals surface area contributed by atoms with Crippen molar-refractivity contribution in [2.75, 3.05) is 0 Å². The largest absolute Gasteiger partial charge is 0.673 e. The molecule has 1 rings (SSSR count). The number of halogens is 5. The second-order valence-corrected chi connectivity index (χ2v) is 2.14. The van der Waals surface area contributed by atoms with Gasteiger partial charge in [-0.1, -0.05) is 6.58 Å². The second kappa shape index (κ2) is 5.36. The van der Waals surface area contributed by atoms with E-state index in [9.17, 15) is 21.7 Å². The maximum atomic E-state index is 12.4. The van der Waals surface area contributed by atoms with Crippen molar-refractivity contribution in [1.82, 2.24) is 0 Å². The van der Waals surface area contributed by atoms with Gasteiger partial charge in [0.15, 0.2) is 0 Å². The molecule has 0 atom stereocenters. The van der Waals surface area contributed by atoms with E-state index in [0.717, 1.165) is 0 Å². The molecule has 0 radical (unpaired) electrons. The van der Waals surface area contributed by atoms with Crippen LogP contribution in [0.2, 0.25) is 0 Å². The first-order valence-corrected chi connectivity index (χ1v) is 3.51. The zero-order valence-corrected chi connectivity index (χ0v) is 7.01. The van der Waals surface area contributed by atoms with Crippen molar-refractivity contribution in [3.05, 3.63) is 36.7 Å². The molecule has 0 fully saturated rings. The Morgan fingerprint density at radius 2 is 1.71 bits per heavy atom. The number of rotatable bonds is 1. The first-order valence-electron chi connectivity index (χ1n) is 3.51. The normalized spacial score (nSPS) is 10.1. The summed E-state index contributed by atoms with van der Waals surface area (Å²) in [7, 11) is -6.00. The predicted octanol–water partition coefficient (Wildman–Crippen LogP) is 2.65. The maximum Gasteiger partial charge on any atom is 0.673 e. The fourth-order valence-electron chi connectivity index (χ4n) is 0.592. The summed E-state index contributed by atoms with van der Waals surface area (Å²) >= 11 is 0. The van der Waals surface area contributed by atoms with E-state index in [4.69, 9.17) is 0 Å². The van der Waals surface area contributed by atoms with Gasteiger partial charge in [0.2, 0.25) is 6.20 Å². The minimum atomic E-state index is -6.00. The first kappa shape index (κ1) is 12.6. The van der Waals surface area contributed by atoms with Gasteiger partial charge in [0.05, 0.1) is 4.48 Å². The topological polar surface area (TPSA) is 3.88 Å². The zero-order valence-electron chi connectivity index (χ0n) is 7.01. The fourth-order valence-corrected chi connectivity index (χ4v) is 0.592. The monoisotopic (exact) mass is 211 g/mol. The van der Waals surface area contributed by atoms with Crippen LogP contribution in [0.4, 0.5) is 21.7 Å². The van der Waals surface area contributed by atoms with Crippen LogP contribution in [0.5, 0.6) is 0 Å². The van der Waals surface area contributed by atoms with E-state index in [1.165, 1.54) is 12.3 Å². The Bertz CT molecular complexity index is 292. The molecule has 0 N–H and O–H groups in total. The van der Waals surface area contributed by atoms with E-state index in [2.05, 4.69) is 6.58 Å². The van der Waals surface area contributed by atoms with Crippen LogP contribution in [0, 0.1) is 0 Å². The molecule has 0 amide bonds. The summed E-state index contributed by atoms with van der Waals surface area (Å²) < 4.78 is 51.4. The lowest BCUT2D eigenvalue weighted by molar-refractivity contribution is -0.845. The Balaban J connectivity index is 0.000000292. The van der Waals surface area contributed by atoms with Crippen LogP contribution in [0.15, 0.2) is 31.0 Å². The third kappa shape index (κ3) is 7.26. The summed E-state index contributed by atoms with van der Waals surface area (Å²) in [6.45, 7) is 3.43. The molecule has 1 nitrogen and oxygen atoms in total. The third-order valence-electron chi connectivity index (χ3n) is 1.05. The summed E-state index contributed by atoms with van der Waals surface area (Å²) in [5.74, 6) is 0. The van der Waals surface area contributed by atoms with Crippen molar-refractivity contribution in [3.63, 3.8) is 0 Å². The highest BCUT2D eigenvalue weighted by Crippen LogP contribution is 2.06. The van der Waals surface area contributed by atoms with E-state index < -0.39 is 7.25 Å². The number of hydrogen-bond donors (Lipinski definition) is 0. The molecule has 0 aliphatic rings. The molecular formula is C7H7BF5N. The minimum absolute atomic E-state index is 0.470.